The number of alkyl carbamates (subject to hydrolysis) is 2. The molecule has 0 unspecified atom stereocenters. The first kappa shape index (κ1) is 38.4. The van der Waals surface area contributed by atoms with E-state index in [0.717, 1.165) is 37.7 Å². The van der Waals surface area contributed by atoms with Crippen molar-refractivity contribution in [2.45, 2.75) is 142 Å². The molecule has 0 bridgehead atoms. The van der Waals surface area contributed by atoms with Crippen molar-refractivity contribution in [1.82, 2.24) is 16.0 Å². The fraction of sp³-hybridized carbons (Fsp3) is 0.676. The molecule has 46 heavy (non-hydrogen) atoms. The number of benzene rings is 1. The summed E-state index contributed by atoms with van der Waals surface area (Å²) in [4.78, 5) is 63.8. The number of esters is 2. The molecular formula is C34H53N3O9. The standard InChI is InChI=1S/C34H53N3O9/c1-33(2,3)45-30(40)27(19-13-14-22-35-31(41)43-23-24-15-9-7-10-16-24)36-29(39)26(37-32(42)46-34(4,5)6)20-21-28(38)44-25-17-11-8-12-18-25/h7,9-10,15-16,25-27H,8,11-14,17-23H2,1-6H3,(H,35,41)(H,36,39)(H,37,42)/t26-,27-/m0/s1. The molecule has 0 spiro atoms. The lowest BCUT2D eigenvalue weighted by Gasteiger charge is -2.27. The monoisotopic (exact) mass is 647 g/mol. The summed E-state index contributed by atoms with van der Waals surface area (Å²) in [6.45, 7) is 10.7. The maximum atomic E-state index is 13.5. The van der Waals surface area contributed by atoms with Gasteiger partial charge >= 0.3 is 24.1 Å². The highest BCUT2D eigenvalue weighted by Gasteiger charge is 2.31. The summed E-state index contributed by atoms with van der Waals surface area (Å²) < 4.78 is 21.7. The third-order valence-corrected chi connectivity index (χ3v) is 6.90. The number of ether oxygens (including phenoxy) is 4. The van der Waals surface area contributed by atoms with Gasteiger partial charge in [0.15, 0.2) is 0 Å². The maximum absolute atomic E-state index is 13.5. The molecule has 0 aliphatic heterocycles. The molecule has 1 aliphatic carbocycles. The molecule has 0 heterocycles. The quantitative estimate of drug-likeness (QED) is 0.128. The van der Waals surface area contributed by atoms with E-state index in [1.165, 1.54) is 0 Å². The van der Waals surface area contributed by atoms with Crippen LogP contribution in [0.4, 0.5) is 9.59 Å². The van der Waals surface area contributed by atoms with Crippen molar-refractivity contribution in [3.05, 3.63) is 35.9 Å². The molecule has 1 fully saturated rings. The number of nitrogens with one attached hydrogen (secondary N) is 3. The summed E-state index contributed by atoms with van der Waals surface area (Å²) in [6.07, 6.45) is 4.25. The molecule has 1 saturated carbocycles. The number of carbonyl (C=O) groups is 5. The van der Waals surface area contributed by atoms with E-state index in [2.05, 4.69) is 16.0 Å². The number of unbranched alkanes of at least 4 members (excludes halogenated alkanes) is 1. The van der Waals surface area contributed by atoms with Crippen LogP contribution in [0.15, 0.2) is 30.3 Å². The Morgan fingerprint density at radius 2 is 1.43 bits per heavy atom. The van der Waals surface area contributed by atoms with E-state index in [-0.39, 0.29) is 32.0 Å². The molecule has 0 radical (unpaired) electrons. The predicted octanol–water partition coefficient (Wildman–Crippen LogP) is 5.46. The van der Waals surface area contributed by atoms with Crippen molar-refractivity contribution in [3.8, 4) is 0 Å². The van der Waals surface area contributed by atoms with Gasteiger partial charge in [-0.25, -0.2) is 14.4 Å². The largest absolute Gasteiger partial charge is 0.462 e. The zero-order valence-electron chi connectivity index (χ0n) is 28.3. The van der Waals surface area contributed by atoms with Crippen molar-refractivity contribution >= 4 is 30.0 Å². The van der Waals surface area contributed by atoms with Crippen LogP contribution < -0.4 is 16.0 Å². The van der Waals surface area contributed by atoms with Gasteiger partial charge in [-0.15, -0.1) is 0 Å². The van der Waals surface area contributed by atoms with Gasteiger partial charge < -0.3 is 34.9 Å². The number of rotatable bonds is 15. The molecule has 12 nitrogen and oxygen atoms in total. The molecule has 0 aromatic heterocycles. The topological polar surface area (TPSA) is 158 Å². The van der Waals surface area contributed by atoms with Crippen LogP contribution in [0.5, 0.6) is 0 Å². The van der Waals surface area contributed by atoms with E-state index in [0.29, 0.717) is 19.4 Å². The lowest BCUT2D eigenvalue weighted by atomic mass is 9.98. The Hall–Kier alpha value is -3.83. The molecule has 1 aliphatic rings. The van der Waals surface area contributed by atoms with E-state index < -0.39 is 53.3 Å². The zero-order chi connectivity index (χ0) is 34.2. The predicted molar refractivity (Wildman–Crippen MR) is 172 cm³/mol. The summed E-state index contributed by atoms with van der Waals surface area (Å²) in [5.41, 5.74) is -0.748. The number of hydrogen-bond acceptors (Lipinski definition) is 9. The first-order valence-corrected chi connectivity index (χ1v) is 16.3. The van der Waals surface area contributed by atoms with Crippen LogP contribution in [0.3, 0.4) is 0 Å². The third kappa shape index (κ3) is 17.0. The van der Waals surface area contributed by atoms with Gasteiger partial charge in [-0.3, -0.25) is 9.59 Å². The van der Waals surface area contributed by atoms with Crippen molar-refractivity contribution < 1.29 is 42.9 Å². The van der Waals surface area contributed by atoms with E-state index in [9.17, 15) is 24.0 Å². The van der Waals surface area contributed by atoms with Gasteiger partial charge in [0.25, 0.3) is 0 Å². The molecule has 0 saturated heterocycles. The Morgan fingerprint density at radius 3 is 2.07 bits per heavy atom. The lowest BCUT2D eigenvalue weighted by Crippen LogP contribution is -2.53. The van der Waals surface area contributed by atoms with Crippen molar-refractivity contribution in [1.29, 1.82) is 0 Å². The Labute approximate surface area is 273 Å². The molecule has 1 aromatic rings. The van der Waals surface area contributed by atoms with Crippen LogP contribution in [0.2, 0.25) is 0 Å². The van der Waals surface area contributed by atoms with E-state index in [1.807, 2.05) is 30.3 Å². The first-order valence-electron chi connectivity index (χ1n) is 16.3. The number of amides is 3. The third-order valence-electron chi connectivity index (χ3n) is 6.90. The van der Waals surface area contributed by atoms with E-state index >= 15 is 0 Å². The molecule has 12 heteroatoms. The molecule has 3 N–H and O–H groups in total. The van der Waals surface area contributed by atoms with Gasteiger partial charge in [0.1, 0.15) is 36.0 Å². The molecule has 1 aromatic carbocycles. The van der Waals surface area contributed by atoms with Crippen molar-refractivity contribution in [2.75, 3.05) is 6.54 Å². The molecule has 2 atom stereocenters. The maximum Gasteiger partial charge on any atom is 0.408 e. The summed E-state index contributed by atoms with van der Waals surface area (Å²) in [6, 6.07) is 7.11. The minimum atomic E-state index is -1.17. The van der Waals surface area contributed by atoms with Crippen LogP contribution >= 0.6 is 0 Å². The lowest BCUT2D eigenvalue weighted by molar-refractivity contribution is -0.159. The van der Waals surface area contributed by atoms with Crippen LogP contribution in [0, 0.1) is 0 Å². The Kier molecular flexibility index (Phi) is 15.8. The Morgan fingerprint density at radius 1 is 0.783 bits per heavy atom. The minimum absolute atomic E-state index is 0.0489. The first-order chi connectivity index (χ1) is 21.6. The summed E-state index contributed by atoms with van der Waals surface area (Å²) in [5, 5.41) is 7.93. The number of hydrogen-bond donors (Lipinski definition) is 3. The van der Waals surface area contributed by atoms with Gasteiger partial charge in [0, 0.05) is 13.0 Å². The van der Waals surface area contributed by atoms with Gasteiger partial charge in [-0.05, 0) is 98.5 Å². The zero-order valence-corrected chi connectivity index (χ0v) is 28.3. The molecule has 3 amide bonds. The van der Waals surface area contributed by atoms with Gasteiger partial charge in [0.05, 0.1) is 0 Å². The highest BCUT2D eigenvalue weighted by molar-refractivity contribution is 5.90. The van der Waals surface area contributed by atoms with E-state index in [1.54, 1.807) is 41.5 Å². The smallest absolute Gasteiger partial charge is 0.408 e. The van der Waals surface area contributed by atoms with Crippen LogP contribution in [0.1, 0.15) is 111 Å². The molecule has 258 valence electrons. The fourth-order valence-corrected chi connectivity index (χ4v) is 4.74. The fourth-order valence-electron chi connectivity index (χ4n) is 4.74. The van der Waals surface area contributed by atoms with Gasteiger partial charge in [0.2, 0.25) is 5.91 Å². The Bertz CT molecular complexity index is 1120. The normalized spacial score (nSPS) is 15.1. The summed E-state index contributed by atoms with van der Waals surface area (Å²) >= 11 is 0. The summed E-state index contributed by atoms with van der Waals surface area (Å²) in [7, 11) is 0. The highest BCUT2D eigenvalue weighted by atomic mass is 16.6. The van der Waals surface area contributed by atoms with Crippen molar-refractivity contribution in [3.63, 3.8) is 0 Å². The average Bonchev–Trinajstić information content (AvgIpc) is 2.96. The minimum Gasteiger partial charge on any atom is -0.462 e. The highest BCUT2D eigenvalue weighted by Crippen LogP contribution is 2.21. The second-order valence-electron chi connectivity index (χ2n) is 13.6. The van der Waals surface area contributed by atoms with Crippen molar-refractivity contribution in [2.24, 2.45) is 0 Å². The average molecular weight is 648 g/mol. The second-order valence-corrected chi connectivity index (χ2v) is 13.6. The second kappa shape index (κ2) is 19.0. The van der Waals surface area contributed by atoms with E-state index in [4.69, 9.17) is 18.9 Å². The molecule has 2 rings (SSSR count). The molecular weight excluding hydrogens is 594 g/mol. The summed E-state index contributed by atoms with van der Waals surface area (Å²) in [5.74, 6) is -1.74. The SMILES string of the molecule is CC(C)(C)OC(=O)N[C@@H](CCC(=O)OC1CCCCC1)C(=O)N[C@@H](CCCCNC(=O)OCc1ccccc1)C(=O)OC(C)(C)C. The van der Waals surface area contributed by atoms with Crippen LogP contribution in [-0.2, 0) is 39.9 Å². The number of carbonyl (C=O) groups excluding carboxylic acids is 5. The van der Waals surface area contributed by atoms with Gasteiger partial charge in [-0.2, -0.15) is 0 Å². The van der Waals surface area contributed by atoms with Gasteiger partial charge in [-0.1, -0.05) is 36.8 Å². The van der Waals surface area contributed by atoms with Crippen LogP contribution in [0.25, 0.3) is 0 Å². The van der Waals surface area contributed by atoms with Crippen LogP contribution in [-0.4, -0.2) is 66.0 Å². The Balaban J connectivity index is 1.98.